The molecule has 14 rings (SSSR count). The molecule has 0 fully saturated rings. The van der Waals surface area contributed by atoms with Gasteiger partial charge in [0.1, 0.15) is 0 Å². The van der Waals surface area contributed by atoms with Gasteiger partial charge in [-0.3, -0.25) is 0 Å². The van der Waals surface area contributed by atoms with Crippen molar-refractivity contribution in [3.63, 3.8) is 0 Å². The molecule has 5 aliphatic carbocycles. The van der Waals surface area contributed by atoms with E-state index < -0.39 is 10.8 Å². The van der Waals surface area contributed by atoms with Gasteiger partial charge in [0.2, 0.25) is 0 Å². The molecule has 294 valence electrons. The Balaban J connectivity index is 1.05. The molecule has 0 heterocycles. The first-order valence-electron chi connectivity index (χ1n) is 22.4. The lowest BCUT2D eigenvalue weighted by Gasteiger charge is -2.34. The molecule has 0 N–H and O–H groups in total. The van der Waals surface area contributed by atoms with E-state index in [1.807, 2.05) is 0 Å². The third-order valence-corrected chi connectivity index (χ3v) is 15.0. The molecule has 0 bridgehead atoms. The summed E-state index contributed by atoms with van der Waals surface area (Å²) in [5, 5.41) is 0. The summed E-state index contributed by atoms with van der Waals surface area (Å²) in [5.41, 5.74) is 26.7. The molecule has 9 aromatic carbocycles. The molecule has 1 atom stereocenters. The van der Waals surface area contributed by atoms with Crippen molar-refractivity contribution in [3.05, 3.63) is 275 Å². The number of hydrogen-bond donors (Lipinski definition) is 0. The highest BCUT2D eigenvalue weighted by Gasteiger charge is 2.54. The summed E-state index contributed by atoms with van der Waals surface area (Å²) >= 11 is 0. The van der Waals surface area contributed by atoms with Crippen LogP contribution in [0.1, 0.15) is 57.3 Å². The van der Waals surface area contributed by atoms with E-state index in [2.05, 4.69) is 229 Å². The third kappa shape index (κ3) is 4.46. The minimum Gasteiger partial charge on any atom is -0.310 e. The van der Waals surface area contributed by atoms with Crippen LogP contribution in [-0.4, -0.2) is 0 Å². The van der Waals surface area contributed by atoms with E-state index in [1.165, 1.54) is 100 Å². The smallest absolute Gasteiger partial charge is 0.0726 e. The van der Waals surface area contributed by atoms with Gasteiger partial charge in [-0.25, -0.2) is 0 Å². The summed E-state index contributed by atoms with van der Waals surface area (Å²) in [5.74, 6) is 0. The molecule has 1 heteroatoms. The number of hydrogen-bond acceptors (Lipinski definition) is 1. The summed E-state index contributed by atoms with van der Waals surface area (Å²) in [6, 6.07) is 80.3. The molecular weight excluding hydrogens is 759 g/mol. The van der Waals surface area contributed by atoms with Gasteiger partial charge in [0, 0.05) is 17.1 Å². The molecular formula is C62H41N. The number of nitrogens with zero attached hydrogens (tertiary/aromatic N) is 1. The molecule has 0 aromatic heterocycles. The van der Waals surface area contributed by atoms with E-state index in [9.17, 15) is 0 Å². The van der Waals surface area contributed by atoms with Crippen LogP contribution in [0.3, 0.4) is 0 Å². The Labute approximate surface area is 368 Å². The molecule has 1 unspecified atom stereocenters. The van der Waals surface area contributed by atoms with Crippen molar-refractivity contribution in [1.82, 2.24) is 0 Å². The van der Waals surface area contributed by atoms with Crippen LogP contribution in [-0.2, 0) is 10.8 Å². The molecule has 9 aromatic rings. The maximum atomic E-state index is 2.54. The normalized spacial score (nSPS) is 17.1. The molecule has 0 amide bonds. The van der Waals surface area contributed by atoms with Crippen molar-refractivity contribution in [3.8, 4) is 44.5 Å². The average Bonchev–Trinajstić information content (AvgIpc) is 4.03. The van der Waals surface area contributed by atoms with Gasteiger partial charge in [0.05, 0.1) is 10.8 Å². The lowest BCUT2D eigenvalue weighted by Crippen LogP contribution is -2.27. The minimum absolute atomic E-state index is 0.400. The van der Waals surface area contributed by atoms with Crippen LogP contribution in [0.5, 0.6) is 0 Å². The first kappa shape index (κ1) is 34.9. The molecule has 63 heavy (non-hydrogen) atoms. The van der Waals surface area contributed by atoms with Gasteiger partial charge >= 0.3 is 0 Å². The molecule has 0 aliphatic heterocycles. The van der Waals surface area contributed by atoms with Gasteiger partial charge in [0.25, 0.3) is 0 Å². The van der Waals surface area contributed by atoms with Gasteiger partial charge in [-0.1, -0.05) is 188 Å². The maximum Gasteiger partial charge on any atom is 0.0726 e. The van der Waals surface area contributed by atoms with Crippen molar-refractivity contribution in [1.29, 1.82) is 0 Å². The molecule has 1 nitrogen and oxygen atoms in total. The standard InChI is InChI=1S/C62H41N/c1-2-17-40(18-3-1)41-19-16-20-42(37-41)63(43-33-35-51-49-25-8-14-31-57(49)61(59(51)38-43)53-27-10-4-21-45(53)46-22-5-11-28-54(46)61)44-34-36-52-50-26-9-15-32-58(50)62(60(52)39-44)55-29-12-6-23-47(55)48-24-7-13-30-56(48)62/h1-6,8-23,25-39H,7,24H2. The highest BCUT2D eigenvalue weighted by atomic mass is 15.1. The van der Waals surface area contributed by atoms with E-state index in [-0.39, 0.29) is 0 Å². The van der Waals surface area contributed by atoms with Crippen molar-refractivity contribution >= 4 is 22.6 Å². The van der Waals surface area contributed by atoms with Crippen molar-refractivity contribution in [2.24, 2.45) is 0 Å². The molecule has 0 radical (unpaired) electrons. The molecule has 0 saturated heterocycles. The second-order valence-electron chi connectivity index (χ2n) is 17.8. The van der Waals surface area contributed by atoms with Gasteiger partial charge < -0.3 is 4.90 Å². The molecule has 5 aliphatic rings. The highest BCUT2D eigenvalue weighted by Crippen LogP contribution is 2.65. The Kier molecular flexibility index (Phi) is 7.15. The second kappa shape index (κ2) is 12.9. The summed E-state index contributed by atoms with van der Waals surface area (Å²) in [6.45, 7) is 0. The van der Waals surface area contributed by atoms with Crippen LogP contribution in [0.15, 0.2) is 230 Å². The quantitative estimate of drug-likeness (QED) is 0.171. The monoisotopic (exact) mass is 799 g/mol. The minimum atomic E-state index is -0.444. The highest BCUT2D eigenvalue weighted by molar-refractivity contribution is 5.99. The third-order valence-electron chi connectivity index (χ3n) is 15.0. The van der Waals surface area contributed by atoms with Crippen LogP contribution >= 0.6 is 0 Å². The van der Waals surface area contributed by atoms with Crippen LogP contribution in [0.4, 0.5) is 17.1 Å². The van der Waals surface area contributed by atoms with E-state index in [4.69, 9.17) is 0 Å². The average molecular weight is 800 g/mol. The van der Waals surface area contributed by atoms with Crippen LogP contribution in [0.25, 0.3) is 50.1 Å². The zero-order chi connectivity index (χ0) is 41.3. The van der Waals surface area contributed by atoms with Gasteiger partial charge in [-0.2, -0.15) is 0 Å². The zero-order valence-electron chi connectivity index (χ0n) is 34.7. The van der Waals surface area contributed by atoms with E-state index >= 15 is 0 Å². The van der Waals surface area contributed by atoms with E-state index in [0.717, 1.165) is 29.9 Å². The number of fused-ring (bicyclic) bond motifs is 19. The fourth-order valence-electron chi connectivity index (χ4n) is 12.6. The van der Waals surface area contributed by atoms with Gasteiger partial charge in [-0.15, -0.1) is 0 Å². The topological polar surface area (TPSA) is 3.24 Å². The maximum absolute atomic E-state index is 2.54. The Hall–Kier alpha value is -7.74. The Morgan fingerprint density at radius 3 is 1.32 bits per heavy atom. The fraction of sp³-hybridized carbons (Fsp3) is 0.0645. The number of anilines is 3. The Morgan fingerprint density at radius 2 is 0.746 bits per heavy atom. The van der Waals surface area contributed by atoms with Crippen LogP contribution in [0, 0.1) is 0 Å². The van der Waals surface area contributed by atoms with Gasteiger partial charge in [0.15, 0.2) is 0 Å². The first-order valence-corrected chi connectivity index (χ1v) is 22.4. The molecule has 2 spiro atoms. The number of benzene rings is 9. The predicted octanol–water partition coefficient (Wildman–Crippen LogP) is 15.6. The zero-order valence-corrected chi connectivity index (χ0v) is 34.7. The lowest BCUT2D eigenvalue weighted by atomic mass is 9.69. The Morgan fingerprint density at radius 1 is 0.317 bits per heavy atom. The van der Waals surface area contributed by atoms with E-state index in [1.54, 1.807) is 0 Å². The van der Waals surface area contributed by atoms with E-state index in [0.29, 0.717) is 0 Å². The lowest BCUT2D eigenvalue weighted by molar-refractivity contribution is 0.780. The summed E-state index contributed by atoms with van der Waals surface area (Å²) in [4.78, 5) is 2.53. The number of rotatable bonds is 4. The SMILES string of the molecule is C1=CC2=C(CC1)c1ccccc1C21c2ccccc2-c2ccc(N(c3cccc(-c4ccccc4)c3)c3ccc4c(c3)C3(c5ccccc5-c5ccccc53)c3ccccc3-4)cc21. The predicted molar refractivity (Wildman–Crippen MR) is 260 cm³/mol. The largest absolute Gasteiger partial charge is 0.310 e. The summed E-state index contributed by atoms with van der Waals surface area (Å²) < 4.78 is 0. The fourth-order valence-corrected chi connectivity index (χ4v) is 12.6. The Bertz CT molecular complexity index is 3410. The van der Waals surface area contributed by atoms with Crippen molar-refractivity contribution < 1.29 is 0 Å². The summed E-state index contributed by atoms with van der Waals surface area (Å²) in [7, 11) is 0. The second-order valence-corrected chi connectivity index (χ2v) is 17.8. The van der Waals surface area contributed by atoms with Crippen LogP contribution < -0.4 is 4.90 Å². The van der Waals surface area contributed by atoms with Gasteiger partial charge in [-0.05, 0) is 149 Å². The molecule has 0 saturated carbocycles. The van der Waals surface area contributed by atoms with Crippen molar-refractivity contribution in [2.45, 2.75) is 23.7 Å². The van der Waals surface area contributed by atoms with Crippen molar-refractivity contribution in [2.75, 3.05) is 4.90 Å². The first-order chi connectivity index (χ1) is 31.3. The number of allylic oxidation sites excluding steroid dienone is 4. The summed E-state index contributed by atoms with van der Waals surface area (Å²) in [6.07, 6.45) is 6.98. The van der Waals surface area contributed by atoms with Crippen LogP contribution in [0.2, 0.25) is 0 Å².